The molecular formula is C6H3Br2NO. The lowest BCUT2D eigenvalue weighted by molar-refractivity contribution is 1.46. The highest BCUT2D eigenvalue weighted by atomic mass is 79.9. The molecule has 0 saturated heterocycles. The summed E-state index contributed by atoms with van der Waals surface area (Å²) in [5.74, 6) is 0. The Morgan fingerprint density at radius 2 is 1.90 bits per heavy atom. The van der Waals surface area contributed by atoms with Gasteiger partial charge in [0.05, 0.1) is 0 Å². The van der Waals surface area contributed by atoms with Crippen molar-refractivity contribution >= 4 is 37.5 Å². The molecule has 0 bridgehead atoms. The van der Waals surface area contributed by atoms with E-state index in [-0.39, 0.29) is 0 Å². The lowest BCUT2D eigenvalue weighted by Gasteiger charge is -1.93. The van der Waals surface area contributed by atoms with E-state index in [4.69, 9.17) is 0 Å². The third kappa shape index (κ3) is 1.64. The molecule has 1 rings (SSSR count). The first kappa shape index (κ1) is 7.88. The van der Waals surface area contributed by atoms with Gasteiger partial charge in [0, 0.05) is 8.95 Å². The summed E-state index contributed by atoms with van der Waals surface area (Å²) in [6, 6.07) is 5.06. The van der Waals surface area contributed by atoms with Crippen LogP contribution in [0, 0.1) is 4.91 Å². The monoisotopic (exact) mass is 263 g/mol. The average molecular weight is 265 g/mol. The molecule has 1 aromatic carbocycles. The predicted molar refractivity (Wildman–Crippen MR) is 47.3 cm³/mol. The van der Waals surface area contributed by atoms with Crippen LogP contribution in [0.15, 0.2) is 32.3 Å². The number of hydrogen-bond donors (Lipinski definition) is 0. The van der Waals surface area contributed by atoms with E-state index < -0.39 is 0 Å². The summed E-state index contributed by atoms with van der Waals surface area (Å²) in [5, 5.41) is 2.77. The summed E-state index contributed by atoms with van der Waals surface area (Å²) in [6.07, 6.45) is 0. The highest BCUT2D eigenvalue weighted by Gasteiger charge is 1.96. The summed E-state index contributed by atoms with van der Waals surface area (Å²) < 4.78 is 1.75. The lowest BCUT2D eigenvalue weighted by atomic mass is 10.3. The molecule has 0 fully saturated rings. The van der Waals surface area contributed by atoms with Gasteiger partial charge in [0.15, 0.2) is 0 Å². The topological polar surface area (TPSA) is 29.4 Å². The van der Waals surface area contributed by atoms with Crippen molar-refractivity contribution in [3.05, 3.63) is 32.1 Å². The standard InChI is InChI=1S/C6H3Br2NO/c7-5-2-1-4(9-10)3-6(5)8/h1-3H. The van der Waals surface area contributed by atoms with Gasteiger partial charge in [-0.2, -0.15) is 0 Å². The van der Waals surface area contributed by atoms with Gasteiger partial charge < -0.3 is 0 Å². The minimum Gasteiger partial charge on any atom is -0.145 e. The van der Waals surface area contributed by atoms with Crippen molar-refractivity contribution in [3.8, 4) is 0 Å². The van der Waals surface area contributed by atoms with Crippen LogP contribution < -0.4 is 0 Å². The molecule has 0 N–H and O–H groups in total. The molecule has 0 aliphatic heterocycles. The summed E-state index contributed by atoms with van der Waals surface area (Å²) in [4.78, 5) is 9.98. The van der Waals surface area contributed by atoms with Crippen molar-refractivity contribution in [2.24, 2.45) is 5.18 Å². The van der Waals surface area contributed by atoms with Gasteiger partial charge in [-0.1, -0.05) is 0 Å². The molecule has 1 aromatic rings. The molecule has 0 amide bonds. The minimum atomic E-state index is 0.426. The van der Waals surface area contributed by atoms with Gasteiger partial charge in [0.1, 0.15) is 5.69 Å². The summed E-state index contributed by atoms with van der Waals surface area (Å²) in [5.41, 5.74) is 0.426. The Hall–Kier alpha value is -0.220. The highest BCUT2D eigenvalue weighted by molar-refractivity contribution is 9.13. The van der Waals surface area contributed by atoms with E-state index in [2.05, 4.69) is 37.0 Å². The van der Waals surface area contributed by atoms with E-state index in [9.17, 15) is 4.91 Å². The molecule has 0 atom stereocenters. The minimum absolute atomic E-state index is 0.426. The third-order valence-corrected chi connectivity index (χ3v) is 2.89. The van der Waals surface area contributed by atoms with Crippen LogP contribution >= 0.6 is 31.9 Å². The van der Waals surface area contributed by atoms with Crippen LogP contribution in [0.4, 0.5) is 5.69 Å². The maximum Gasteiger partial charge on any atom is 0.109 e. The molecule has 0 saturated carbocycles. The van der Waals surface area contributed by atoms with Crippen LogP contribution in [0.2, 0.25) is 0 Å². The Bertz CT molecular complexity index is 262. The van der Waals surface area contributed by atoms with E-state index in [0.29, 0.717) is 5.69 Å². The van der Waals surface area contributed by atoms with Crippen molar-refractivity contribution in [3.63, 3.8) is 0 Å². The van der Waals surface area contributed by atoms with Gasteiger partial charge >= 0.3 is 0 Å². The second-order valence-electron chi connectivity index (χ2n) is 1.69. The average Bonchev–Trinajstić information content (AvgIpc) is 1.95. The highest BCUT2D eigenvalue weighted by Crippen LogP contribution is 2.26. The lowest BCUT2D eigenvalue weighted by Crippen LogP contribution is -1.67. The number of benzene rings is 1. The van der Waals surface area contributed by atoms with Gasteiger partial charge in [-0.3, -0.25) is 0 Å². The van der Waals surface area contributed by atoms with E-state index in [1.54, 1.807) is 18.2 Å². The Labute approximate surface area is 74.9 Å². The summed E-state index contributed by atoms with van der Waals surface area (Å²) in [6.45, 7) is 0. The van der Waals surface area contributed by atoms with E-state index in [1.165, 1.54) is 0 Å². The zero-order valence-electron chi connectivity index (χ0n) is 4.84. The van der Waals surface area contributed by atoms with Crippen LogP contribution in [0.3, 0.4) is 0 Å². The quantitative estimate of drug-likeness (QED) is 0.713. The van der Waals surface area contributed by atoms with Crippen molar-refractivity contribution < 1.29 is 0 Å². The van der Waals surface area contributed by atoms with E-state index >= 15 is 0 Å². The van der Waals surface area contributed by atoms with Crippen LogP contribution in [0.25, 0.3) is 0 Å². The normalized spacial score (nSPS) is 9.40. The molecule has 0 aliphatic rings. The van der Waals surface area contributed by atoms with Gasteiger partial charge in [0.25, 0.3) is 0 Å². The Morgan fingerprint density at radius 3 is 2.40 bits per heavy atom. The second kappa shape index (κ2) is 3.25. The van der Waals surface area contributed by atoms with Gasteiger partial charge in [0.2, 0.25) is 0 Å². The fourth-order valence-corrected chi connectivity index (χ4v) is 1.16. The Morgan fingerprint density at radius 1 is 1.20 bits per heavy atom. The number of nitrogens with zero attached hydrogens (tertiary/aromatic N) is 1. The largest absolute Gasteiger partial charge is 0.145 e. The molecule has 0 aliphatic carbocycles. The maximum absolute atomic E-state index is 9.98. The molecule has 0 aromatic heterocycles. The molecule has 52 valence electrons. The van der Waals surface area contributed by atoms with Gasteiger partial charge in [-0.05, 0) is 55.2 Å². The number of nitroso groups, excluding NO2 is 1. The van der Waals surface area contributed by atoms with Crippen molar-refractivity contribution in [2.45, 2.75) is 0 Å². The first-order valence-corrected chi connectivity index (χ1v) is 4.11. The molecule has 0 heterocycles. The fourth-order valence-electron chi connectivity index (χ4n) is 0.542. The Balaban J connectivity index is 3.16. The molecule has 0 spiro atoms. The Kier molecular flexibility index (Phi) is 2.56. The molecular weight excluding hydrogens is 262 g/mol. The summed E-state index contributed by atoms with van der Waals surface area (Å²) >= 11 is 6.51. The number of rotatable bonds is 1. The molecule has 10 heavy (non-hydrogen) atoms. The van der Waals surface area contributed by atoms with Gasteiger partial charge in [-0.15, -0.1) is 4.91 Å². The van der Waals surface area contributed by atoms with Crippen LogP contribution in [0.5, 0.6) is 0 Å². The SMILES string of the molecule is O=Nc1ccc(Br)c(Br)c1. The number of hydrogen-bond acceptors (Lipinski definition) is 2. The zero-order valence-corrected chi connectivity index (χ0v) is 8.02. The van der Waals surface area contributed by atoms with Crippen LogP contribution in [-0.4, -0.2) is 0 Å². The van der Waals surface area contributed by atoms with Crippen molar-refractivity contribution in [2.75, 3.05) is 0 Å². The van der Waals surface area contributed by atoms with Crippen molar-refractivity contribution in [1.82, 2.24) is 0 Å². The van der Waals surface area contributed by atoms with Crippen LogP contribution in [-0.2, 0) is 0 Å². The first-order valence-electron chi connectivity index (χ1n) is 2.52. The fraction of sp³-hybridized carbons (Fsp3) is 0. The molecule has 0 unspecified atom stereocenters. The smallest absolute Gasteiger partial charge is 0.109 e. The second-order valence-corrected chi connectivity index (χ2v) is 3.40. The van der Waals surface area contributed by atoms with E-state index in [1.807, 2.05) is 0 Å². The van der Waals surface area contributed by atoms with Gasteiger partial charge in [-0.25, -0.2) is 0 Å². The molecule has 0 radical (unpaired) electrons. The molecule has 4 heteroatoms. The third-order valence-electron chi connectivity index (χ3n) is 1.01. The summed E-state index contributed by atoms with van der Waals surface area (Å²) in [7, 11) is 0. The van der Waals surface area contributed by atoms with Crippen molar-refractivity contribution in [1.29, 1.82) is 0 Å². The molecule has 2 nitrogen and oxygen atoms in total. The zero-order chi connectivity index (χ0) is 7.56. The maximum atomic E-state index is 9.98. The first-order chi connectivity index (χ1) is 4.74. The van der Waals surface area contributed by atoms with Crippen LogP contribution in [0.1, 0.15) is 0 Å². The van der Waals surface area contributed by atoms with E-state index in [0.717, 1.165) is 8.95 Å². The number of halogens is 2. The predicted octanol–water partition coefficient (Wildman–Crippen LogP) is 3.61.